The maximum atomic E-state index is 12.4. The van der Waals surface area contributed by atoms with Gasteiger partial charge in [-0.25, -0.2) is 27.1 Å². The van der Waals surface area contributed by atoms with E-state index < -0.39 is 26.0 Å². The average Bonchev–Trinajstić information content (AvgIpc) is 3.34. The normalized spacial score (nSPS) is 11.7. The molecule has 3 rings (SSSR count). The summed E-state index contributed by atoms with van der Waals surface area (Å²) in [6, 6.07) is 11.4. The average molecular weight is 684 g/mol. The van der Waals surface area contributed by atoms with E-state index in [0.29, 0.717) is 34.7 Å². The first kappa shape index (κ1) is 34.5. The second kappa shape index (κ2) is 15.6. The third-order valence-electron chi connectivity index (χ3n) is 5.54. The Kier molecular flexibility index (Phi) is 12.5. The molecule has 0 fully saturated rings. The van der Waals surface area contributed by atoms with E-state index in [1.54, 1.807) is 23.9 Å². The Bertz CT molecular complexity index is 1690. The van der Waals surface area contributed by atoms with E-state index in [9.17, 15) is 26.4 Å². The van der Waals surface area contributed by atoms with Crippen LogP contribution in [0, 0.1) is 10.8 Å². The second-order valence-corrected chi connectivity index (χ2v) is 15.7. The molecule has 0 spiro atoms. The maximum Gasteiger partial charge on any atom is 0.238 e. The number of amidine groups is 1. The number of carbonyl (C=O) groups is 2. The van der Waals surface area contributed by atoms with Gasteiger partial charge in [0.25, 0.3) is 0 Å². The summed E-state index contributed by atoms with van der Waals surface area (Å²) in [5.41, 5.74) is 1.23. The number of aryl methyl sites for hydroxylation is 1. The molecule has 0 aliphatic heterocycles. The fourth-order valence-electron chi connectivity index (χ4n) is 3.50. The highest BCUT2D eigenvalue weighted by Crippen LogP contribution is 2.17. The number of nitrogens with two attached hydrogens (primary N) is 2. The van der Waals surface area contributed by atoms with Crippen LogP contribution in [0.3, 0.4) is 0 Å². The van der Waals surface area contributed by atoms with Gasteiger partial charge in [0.1, 0.15) is 15.8 Å². The van der Waals surface area contributed by atoms with Crippen LogP contribution in [0.2, 0.25) is 0 Å². The van der Waals surface area contributed by atoms with Crippen LogP contribution in [0.1, 0.15) is 27.6 Å². The standard InChI is InChI=1S/C25H29N7O6S5/c26-21(40-25(27)30-22(34)14-17-3-7-20(8-4-17)43(29,37)38)9-11-39-12-10-23-31-32-24(41-23)15-18(33)13-16-1-5-19(6-2-16)42(28,35)36/h1-8,26H,9-15H2,(H2,27,30,34)(H2,28,35,36)(H2,29,37,38). The van der Waals surface area contributed by atoms with Crippen LogP contribution in [-0.4, -0.2) is 60.4 Å². The molecule has 230 valence electrons. The number of carbonyl (C=O) groups excluding carboxylic acids is 2. The first-order valence-corrected chi connectivity index (χ1v) is 18.3. The van der Waals surface area contributed by atoms with Gasteiger partial charge in [0.05, 0.1) is 27.7 Å². The van der Waals surface area contributed by atoms with Gasteiger partial charge in [-0.2, -0.15) is 11.8 Å². The quantitative estimate of drug-likeness (QED) is 0.0938. The fraction of sp³-hybridized carbons (Fsp3) is 0.280. The van der Waals surface area contributed by atoms with Gasteiger partial charge >= 0.3 is 0 Å². The molecule has 0 atom stereocenters. The van der Waals surface area contributed by atoms with Gasteiger partial charge < -0.3 is 5.32 Å². The summed E-state index contributed by atoms with van der Waals surface area (Å²) >= 11 is 3.82. The minimum atomic E-state index is -3.82. The van der Waals surface area contributed by atoms with E-state index in [1.807, 2.05) is 0 Å². The fourth-order valence-corrected chi connectivity index (χ4v) is 7.16. The highest BCUT2D eigenvalue weighted by Gasteiger charge is 2.14. The Hall–Kier alpha value is -3.00. The predicted octanol–water partition coefficient (Wildman–Crippen LogP) is 1.86. The van der Waals surface area contributed by atoms with Crippen molar-refractivity contribution in [2.24, 2.45) is 10.3 Å². The van der Waals surface area contributed by atoms with E-state index in [-0.39, 0.29) is 45.0 Å². The zero-order valence-electron chi connectivity index (χ0n) is 22.6. The Morgan fingerprint density at radius 1 is 0.791 bits per heavy atom. The SMILES string of the molecule is N=C(CCSCCc1nnc(CC(=O)Cc2ccc(S(N)(=O)=O)cc2)s1)SC(=N)NC(=O)Cc1ccc(S(N)(=O)=O)cc1. The number of ketones is 1. The predicted molar refractivity (Wildman–Crippen MR) is 168 cm³/mol. The number of Topliss-reactive ketones (excluding diaryl/α,β-unsaturated/α-hetero) is 1. The number of benzene rings is 2. The number of hydrogen-bond donors (Lipinski definition) is 5. The lowest BCUT2D eigenvalue weighted by molar-refractivity contribution is -0.119. The monoisotopic (exact) mass is 683 g/mol. The van der Waals surface area contributed by atoms with Crippen molar-refractivity contribution in [2.45, 2.75) is 41.9 Å². The summed E-state index contributed by atoms with van der Waals surface area (Å²) in [5, 5.41) is 38.2. The zero-order chi connectivity index (χ0) is 31.6. The molecule has 1 heterocycles. The molecule has 0 aliphatic rings. The number of rotatable bonds is 14. The summed E-state index contributed by atoms with van der Waals surface area (Å²) in [7, 11) is -7.60. The Balaban J connectivity index is 1.29. The van der Waals surface area contributed by atoms with Crippen molar-refractivity contribution in [3.63, 3.8) is 0 Å². The number of aromatic nitrogens is 2. The van der Waals surface area contributed by atoms with Crippen molar-refractivity contribution in [3.8, 4) is 0 Å². The van der Waals surface area contributed by atoms with Crippen molar-refractivity contribution in [3.05, 3.63) is 69.7 Å². The van der Waals surface area contributed by atoms with E-state index in [2.05, 4.69) is 15.5 Å². The number of nitrogens with one attached hydrogen (secondary N) is 3. The van der Waals surface area contributed by atoms with Crippen LogP contribution in [0.4, 0.5) is 0 Å². The number of amides is 1. The lowest BCUT2D eigenvalue weighted by Gasteiger charge is -2.08. The minimum Gasteiger partial charge on any atom is -0.305 e. The molecular formula is C25H29N7O6S5. The first-order chi connectivity index (χ1) is 20.2. The minimum absolute atomic E-state index is 0.0130. The molecule has 43 heavy (non-hydrogen) atoms. The molecule has 0 saturated heterocycles. The Labute approximate surface area is 261 Å². The van der Waals surface area contributed by atoms with E-state index in [4.69, 9.17) is 21.1 Å². The maximum absolute atomic E-state index is 12.4. The van der Waals surface area contributed by atoms with Gasteiger partial charge in [0.2, 0.25) is 26.0 Å². The van der Waals surface area contributed by atoms with Crippen LogP contribution in [0.25, 0.3) is 0 Å². The van der Waals surface area contributed by atoms with Gasteiger partial charge in [-0.05, 0) is 58.7 Å². The van der Waals surface area contributed by atoms with E-state index in [0.717, 1.165) is 22.5 Å². The molecule has 1 amide bonds. The summed E-state index contributed by atoms with van der Waals surface area (Å²) in [6.07, 6.45) is 1.27. The molecule has 0 radical (unpaired) electrons. The third kappa shape index (κ3) is 12.3. The smallest absolute Gasteiger partial charge is 0.238 e. The molecule has 0 saturated carbocycles. The largest absolute Gasteiger partial charge is 0.305 e. The summed E-state index contributed by atoms with van der Waals surface area (Å²) in [6.45, 7) is 0. The molecule has 0 aliphatic carbocycles. The van der Waals surface area contributed by atoms with E-state index >= 15 is 0 Å². The van der Waals surface area contributed by atoms with Gasteiger partial charge in [-0.3, -0.25) is 20.4 Å². The second-order valence-electron chi connectivity index (χ2n) is 9.05. The van der Waals surface area contributed by atoms with Crippen LogP contribution < -0.4 is 15.6 Å². The number of nitrogens with zero attached hydrogens (tertiary/aromatic N) is 2. The molecule has 2 aromatic carbocycles. The number of hydrogen-bond acceptors (Lipinski definition) is 13. The van der Waals surface area contributed by atoms with Gasteiger partial charge in [0.15, 0.2) is 5.17 Å². The van der Waals surface area contributed by atoms with Crippen LogP contribution in [0.15, 0.2) is 58.3 Å². The summed E-state index contributed by atoms with van der Waals surface area (Å²) in [4.78, 5) is 24.5. The molecule has 18 heteroatoms. The molecule has 0 bridgehead atoms. The number of primary sulfonamides is 2. The van der Waals surface area contributed by atoms with Crippen molar-refractivity contribution >= 4 is 76.8 Å². The van der Waals surface area contributed by atoms with Gasteiger partial charge in [-0.1, -0.05) is 24.3 Å². The highest BCUT2D eigenvalue weighted by atomic mass is 32.2. The zero-order valence-corrected chi connectivity index (χ0v) is 26.7. The van der Waals surface area contributed by atoms with Crippen molar-refractivity contribution in [1.29, 1.82) is 10.8 Å². The summed E-state index contributed by atoms with van der Waals surface area (Å²) in [5.74, 6) is 0.838. The first-order valence-electron chi connectivity index (χ1n) is 12.5. The van der Waals surface area contributed by atoms with Gasteiger partial charge in [0, 0.05) is 19.3 Å². The third-order valence-corrected chi connectivity index (χ3v) is 10.1. The van der Waals surface area contributed by atoms with Crippen molar-refractivity contribution in [1.82, 2.24) is 15.5 Å². The molecule has 7 N–H and O–H groups in total. The Morgan fingerprint density at radius 2 is 1.33 bits per heavy atom. The van der Waals surface area contributed by atoms with Crippen molar-refractivity contribution in [2.75, 3.05) is 11.5 Å². The lowest BCUT2D eigenvalue weighted by atomic mass is 10.1. The van der Waals surface area contributed by atoms with Crippen LogP contribution >= 0.6 is 34.9 Å². The highest BCUT2D eigenvalue weighted by molar-refractivity contribution is 8.26. The molecule has 13 nitrogen and oxygen atoms in total. The van der Waals surface area contributed by atoms with E-state index in [1.165, 1.54) is 47.7 Å². The van der Waals surface area contributed by atoms with Crippen LogP contribution in [-0.2, 0) is 55.3 Å². The lowest BCUT2D eigenvalue weighted by Crippen LogP contribution is -2.29. The molecule has 1 aromatic heterocycles. The number of sulfonamides is 2. The van der Waals surface area contributed by atoms with Gasteiger partial charge in [-0.15, -0.1) is 21.5 Å². The summed E-state index contributed by atoms with van der Waals surface area (Å²) < 4.78 is 45.3. The topological polar surface area (TPSA) is 240 Å². The van der Waals surface area contributed by atoms with Crippen molar-refractivity contribution < 1.29 is 26.4 Å². The molecule has 3 aromatic rings. The molecular weight excluding hydrogens is 655 g/mol. The Morgan fingerprint density at radius 3 is 1.88 bits per heavy atom. The van der Waals surface area contributed by atoms with Crippen LogP contribution in [0.5, 0.6) is 0 Å². The number of thioether (sulfide) groups is 2. The molecule has 0 unspecified atom stereocenters.